The molecule has 0 aliphatic carbocycles. The van der Waals surface area contributed by atoms with E-state index in [2.05, 4.69) is 10.3 Å². The lowest BCUT2D eigenvalue weighted by Crippen LogP contribution is -2.35. The minimum absolute atomic E-state index is 0.0342. The van der Waals surface area contributed by atoms with Crippen molar-refractivity contribution in [2.45, 2.75) is 12.5 Å². The van der Waals surface area contributed by atoms with Crippen molar-refractivity contribution in [2.75, 3.05) is 6.54 Å². The van der Waals surface area contributed by atoms with E-state index in [1.807, 2.05) is 6.07 Å². The molecule has 11 heavy (non-hydrogen) atoms. The summed E-state index contributed by atoms with van der Waals surface area (Å²) in [5.74, 6) is 0. The predicted molar refractivity (Wildman–Crippen MR) is 42.4 cm³/mol. The average Bonchev–Trinajstić information content (AvgIpc) is 1.90. The highest BCUT2D eigenvalue weighted by molar-refractivity contribution is 5.15. The van der Waals surface area contributed by atoms with Crippen molar-refractivity contribution in [3.05, 3.63) is 34.2 Å². The van der Waals surface area contributed by atoms with Crippen molar-refractivity contribution in [3.8, 4) is 0 Å². The van der Waals surface area contributed by atoms with Crippen LogP contribution in [0.5, 0.6) is 0 Å². The number of rotatable bonds is 1. The van der Waals surface area contributed by atoms with Gasteiger partial charge in [-0.05, 0) is 18.5 Å². The SMILES string of the molecule is O=c1ccc(C2CCN2)c[nH]1. The van der Waals surface area contributed by atoms with Crippen LogP contribution in [0.2, 0.25) is 0 Å². The monoisotopic (exact) mass is 150 g/mol. The Hall–Kier alpha value is -1.09. The van der Waals surface area contributed by atoms with Crippen molar-refractivity contribution >= 4 is 0 Å². The lowest BCUT2D eigenvalue weighted by atomic mass is 10.0. The minimum Gasteiger partial charge on any atom is -0.329 e. The Bertz CT molecular complexity index is 281. The summed E-state index contributed by atoms with van der Waals surface area (Å²) >= 11 is 0. The third kappa shape index (κ3) is 1.19. The molecule has 3 heteroatoms. The Morgan fingerprint density at radius 1 is 1.45 bits per heavy atom. The smallest absolute Gasteiger partial charge is 0.247 e. The second kappa shape index (κ2) is 2.51. The predicted octanol–water partition coefficient (Wildman–Crippen LogP) is 0.409. The number of nitrogens with one attached hydrogen (secondary N) is 2. The molecule has 3 nitrogen and oxygen atoms in total. The molecule has 1 atom stereocenters. The maximum absolute atomic E-state index is 10.7. The van der Waals surface area contributed by atoms with E-state index < -0.39 is 0 Å². The summed E-state index contributed by atoms with van der Waals surface area (Å²) in [6.45, 7) is 1.09. The summed E-state index contributed by atoms with van der Waals surface area (Å²) in [6.07, 6.45) is 2.95. The fourth-order valence-electron chi connectivity index (χ4n) is 1.21. The van der Waals surface area contributed by atoms with Gasteiger partial charge in [-0.15, -0.1) is 0 Å². The van der Waals surface area contributed by atoms with E-state index in [1.54, 1.807) is 12.3 Å². The van der Waals surface area contributed by atoms with E-state index in [0.717, 1.165) is 6.54 Å². The molecule has 1 saturated heterocycles. The van der Waals surface area contributed by atoms with E-state index in [0.29, 0.717) is 6.04 Å². The topological polar surface area (TPSA) is 44.9 Å². The fourth-order valence-corrected chi connectivity index (χ4v) is 1.21. The van der Waals surface area contributed by atoms with Gasteiger partial charge in [0.2, 0.25) is 5.56 Å². The van der Waals surface area contributed by atoms with Gasteiger partial charge in [-0.2, -0.15) is 0 Å². The number of hydrogen-bond acceptors (Lipinski definition) is 2. The van der Waals surface area contributed by atoms with Crippen molar-refractivity contribution in [1.29, 1.82) is 0 Å². The number of aromatic nitrogens is 1. The van der Waals surface area contributed by atoms with Crippen LogP contribution in [0, 0.1) is 0 Å². The molecule has 1 aliphatic rings. The Morgan fingerprint density at radius 2 is 2.27 bits per heavy atom. The summed E-state index contributed by atoms with van der Waals surface area (Å²) in [7, 11) is 0. The van der Waals surface area contributed by atoms with E-state index in [4.69, 9.17) is 0 Å². The van der Waals surface area contributed by atoms with Gasteiger partial charge in [-0.25, -0.2) is 0 Å². The Balaban J connectivity index is 2.25. The fraction of sp³-hybridized carbons (Fsp3) is 0.375. The Kier molecular flexibility index (Phi) is 1.51. The zero-order valence-electron chi connectivity index (χ0n) is 6.13. The first-order chi connectivity index (χ1) is 5.36. The third-order valence-corrected chi connectivity index (χ3v) is 2.03. The van der Waals surface area contributed by atoms with Gasteiger partial charge >= 0.3 is 0 Å². The highest BCUT2D eigenvalue weighted by Crippen LogP contribution is 2.20. The molecule has 2 rings (SSSR count). The maximum Gasteiger partial charge on any atom is 0.247 e. The number of hydrogen-bond donors (Lipinski definition) is 2. The van der Waals surface area contributed by atoms with Gasteiger partial charge in [0, 0.05) is 18.3 Å². The van der Waals surface area contributed by atoms with Gasteiger partial charge in [-0.3, -0.25) is 4.79 Å². The van der Waals surface area contributed by atoms with Crippen LogP contribution in [-0.2, 0) is 0 Å². The molecule has 0 saturated carbocycles. The Labute approximate surface area is 64.5 Å². The molecule has 2 heterocycles. The molecule has 1 unspecified atom stereocenters. The molecule has 0 spiro atoms. The van der Waals surface area contributed by atoms with E-state index in [1.165, 1.54) is 12.0 Å². The zero-order chi connectivity index (χ0) is 7.68. The molecule has 0 bridgehead atoms. The van der Waals surface area contributed by atoms with Gasteiger partial charge in [0.1, 0.15) is 0 Å². The standard InChI is InChI=1S/C8H10N2O/c11-8-2-1-6(5-10-8)7-3-4-9-7/h1-2,5,7,9H,3-4H2,(H,10,11). The summed E-state index contributed by atoms with van der Waals surface area (Å²) in [4.78, 5) is 13.3. The first-order valence-electron chi connectivity index (χ1n) is 3.78. The van der Waals surface area contributed by atoms with Crippen LogP contribution in [0.1, 0.15) is 18.0 Å². The quantitative estimate of drug-likeness (QED) is 0.609. The largest absolute Gasteiger partial charge is 0.329 e. The molecule has 1 aromatic rings. The zero-order valence-corrected chi connectivity index (χ0v) is 6.13. The summed E-state index contributed by atoms with van der Waals surface area (Å²) in [5, 5.41) is 3.26. The molecule has 0 amide bonds. The van der Waals surface area contributed by atoms with Crippen LogP contribution in [0.3, 0.4) is 0 Å². The van der Waals surface area contributed by atoms with Crippen LogP contribution in [0.25, 0.3) is 0 Å². The van der Waals surface area contributed by atoms with Gasteiger partial charge in [0.05, 0.1) is 0 Å². The summed E-state index contributed by atoms with van der Waals surface area (Å²) < 4.78 is 0. The molecule has 58 valence electrons. The molecule has 1 aliphatic heterocycles. The van der Waals surface area contributed by atoms with Gasteiger partial charge in [0.15, 0.2) is 0 Å². The Morgan fingerprint density at radius 3 is 2.73 bits per heavy atom. The number of pyridine rings is 1. The van der Waals surface area contributed by atoms with Crippen molar-refractivity contribution < 1.29 is 0 Å². The first-order valence-corrected chi connectivity index (χ1v) is 3.78. The van der Waals surface area contributed by atoms with Crippen LogP contribution in [0.4, 0.5) is 0 Å². The molecule has 2 N–H and O–H groups in total. The second-order valence-electron chi connectivity index (χ2n) is 2.78. The lowest BCUT2D eigenvalue weighted by molar-refractivity contribution is 0.382. The first kappa shape index (κ1) is 6.61. The van der Waals surface area contributed by atoms with Crippen LogP contribution < -0.4 is 10.9 Å². The third-order valence-electron chi connectivity index (χ3n) is 2.03. The van der Waals surface area contributed by atoms with E-state index in [-0.39, 0.29) is 5.56 Å². The van der Waals surface area contributed by atoms with Crippen molar-refractivity contribution in [3.63, 3.8) is 0 Å². The minimum atomic E-state index is -0.0342. The molecule has 0 radical (unpaired) electrons. The number of H-pyrrole nitrogens is 1. The lowest BCUT2D eigenvalue weighted by Gasteiger charge is -2.27. The number of aromatic amines is 1. The molecule has 1 fully saturated rings. The molecular formula is C8H10N2O. The van der Waals surface area contributed by atoms with Crippen molar-refractivity contribution in [1.82, 2.24) is 10.3 Å². The maximum atomic E-state index is 10.7. The van der Waals surface area contributed by atoms with Gasteiger partial charge in [0.25, 0.3) is 0 Å². The summed E-state index contributed by atoms with van der Waals surface area (Å²) in [6, 6.07) is 3.90. The van der Waals surface area contributed by atoms with Gasteiger partial charge < -0.3 is 10.3 Å². The van der Waals surface area contributed by atoms with Crippen LogP contribution >= 0.6 is 0 Å². The highest BCUT2D eigenvalue weighted by atomic mass is 16.1. The second-order valence-corrected chi connectivity index (χ2v) is 2.78. The van der Waals surface area contributed by atoms with E-state index in [9.17, 15) is 4.79 Å². The van der Waals surface area contributed by atoms with E-state index >= 15 is 0 Å². The average molecular weight is 150 g/mol. The molecule has 0 aromatic carbocycles. The van der Waals surface area contributed by atoms with Crippen molar-refractivity contribution in [2.24, 2.45) is 0 Å². The van der Waals surface area contributed by atoms with Crippen LogP contribution in [-0.4, -0.2) is 11.5 Å². The van der Waals surface area contributed by atoms with Gasteiger partial charge in [-0.1, -0.05) is 6.07 Å². The molecule has 1 aromatic heterocycles. The summed E-state index contributed by atoms with van der Waals surface area (Å²) in [5.41, 5.74) is 1.14. The van der Waals surface area contributed by atoms with Crippen LogP contribution in [0.15, 0.2) is 23.1 Å². The molecular weight excluding hydrogens is 140 g/mol. The normalized spacial score (nSPS) is 22.7. The highest BCUT2D eigenvalue weighted by Gasteiger charge is 2.17.